The first-order valence-corrected chi connectivity index (χ1v) is 10.3. The molecule has 0 fully saturated rings. The predicted octanol–water partition coefficient (Wildman–Crippen LogP) is 3.34. The lowest BCUT2D eigenvalue weighted by Gasteiger charge is -2.30. The summed E-state index contributed by atoms with van der Waals surface area (Å²) >= 11 is 0. The molecule has 0 spiro atoms. The van der Waals surface area contributed by atoms with Crippen molar-refractivity contribution in [3.05, 3.63) is 77.4 Å². The van der Waals surface area contributed by atoms with Gasteiger partial charge >= 0.3 is 0 Å². The van der Waals surface area contributed by atoms with Gasteiger partial charge in [0.25, 0.3) is 0 Å². The normalized spacial score (nSPS) is 15.3. The molecule has 1 aliphatic rings. The zero-order valence-electron chi connectivity index (χ0n) is 15.1. The summed E-state index contributed by atoms with van der Waals surface area (Å²) in [6, 6.07) is 17.7. The lowest BCUT2D eigenvalue weighted by Crippen LogP contribution is -2.18. The summed E-state index contributed by atoms with van der Waals surface area (Å²) < 4.78 is 34.9. The van der Waals surface area contributed by atoms with Crippen molar-refractivity contribution >= 4 is 10.0 Å². The number of rotatable bonds is 4. The van der Waals surface area contributed by atoms with Gasteiger partial charge in [0.15, 0.2) is 0 Å². The second-order valence-electron chi connectivity index (χ2n) is 6.66. The standard InChI is InChI=1S/C21H19NO5S/c1-26-18-6-3-7-19-20(18)16-9-8-13(12-28(22,24)25)10-17(16)21(27-19)14-4-2-5-15(23)11-14/h2-11,21,23H,12H2,1H3,(H2,22,24,25). The van der Waals surface area contributed by atoms with E-state index in [1.54, 1.807) is 37.4 Å². The molecule has 4 rings (SSSR count). The largest absolute Gasteiger partial charge is 0.508 e. The summed E-state index contributed by atoms with van der Waals surface area (Å²) in [5.41, 5.74) is 3.78. The molecule has 3 N–H and O–H groups in total. The molecular formula is C21H19NO5S. The Morgan fingerprint density at radius 3 is 2.61 bits per heavy atom. The molecule has 28 heavy (non-hydrogen) atoms. The molecule has 0 amide bonds. The fourth-order valence-corrected chi connectivity index (χ4v) is 4.19. The van der Waals surface area contributed by atoms with Crippen molar-refractivity contribution in [3.8, 4) is 28.4 Å². The number of benzene rings is 3. The second-order valence-corrected chi connectivity index (χ2v) is 8.27. The van der Waals surface area contributed by atoms with Crippen LogP contribution in [0.1, 0.15) is 22.8 Å². The minimum atomic E-state index is -3.67. The van der Waals surface area contributed by atoms with E-state index in [4.69, 9.17) is 14.6 Å². The molecule has 0 saturated carbocycles. The number of sulfonamides is 1. The highest BCUT2D eigenvalue weighted by Crippen LogP contribution is 2.49. The van der Waals surface area contributed by atoms with Crippen LogP contribution in [0.5, 0.6) is 17.2 Å². The molecule has 1 aliphatic heterocycles. The monoisotopic (exact) mass is 397 g/mol. The van der Waals surface area contributed by atoms with E-state index in [0.717, 1.165) is 22.3 Å². The molecule has 1 atom stereocenters. The third kappa shape index (κ3) is 3.42. The number of phenols is 1. The summed E-state index contributed by atoms with van der Waals surface area (Å²) in [4.78, 5) is 0. The van der Waals surface area contributed by atoms with Gasteiger partial charge in [-0.05, 0) is 35.4 Å². The highest BCUT2D eigenvalue weighted by Gasteiger charge is 2.30. The van der Waals surface area contributed by atoms with Crippen LogP contribution in [-0.2, 0) is 15.8 Å². The van der Waals surface area contributed by atoms with Gasteiger partial charge in [-0.3, -0.25) is 0 Å². The molecule has 6 nitrogen and oxygen atoms in total. The van der Waals surface area contributed by atoms with Gasteiger partial charge in [0.05, 0.1) is 18.4 Å². The third-order valence-electron chi connectivity index (χ3n) is 4.66. The number of primary sulfonamides is 1. The van der Waals surface area contributed by atoms with Gasteiger partial charge in [0.1, 0.15) is 23.4 Å². The van der Waals surface area contributed by atoms with Gasteiger partial charge in [-0.15, -0.1) is 0 Å². The van der Waals surface area contributed by atoms with E-state index in [1.807, 2.05) is 30.3 Å². The van der Waals surface area contributed by atoms with Crippen LogP contribution < -0.4 is 14.6 Å². The van der Waals surface area contributed by atoms with E-state index in [2.05, 4.69) is 0 Å². The number of aromatic hydroxyl groups is 1. The van der Waals surface area contributed by atoms with Gasteiger partial charge < -0.3 is 14.6 Å². The number of ether oxygens (including phenoxy) is 2. The van der Waals surface area contributed by atoms with Crippen LogP contribution in [0.15, 0.2) is 60.7 Å². The van der Waals surface area contributed by atoms with Crippen molar-refractivity contribution in [2.45, 2.75) is 11.9 Å². The van der Waals surface area contributed by atoms with Crippen LogP contribution in [0, 0.1) is 0 Å². The molecule has 3 aromatic carbocycles. The van der Waals surface area contributed by atoms with Gasteiger partial charge in [-0.2, -0.15) is 0 Å². The number of phenolic OH excluding ortho intramolecular Hbond substituents is 1. The summed E-state index contributed by atoms with van der Waals surface area (Å²) in [6.07, 6.45) is -0.512. The van der Waals surface area contributed by atoms with Gasteiger partial charge in [-0.1, -0.05) is 36.4 Å². The fraction of sp³-hybridized carbons (Fsp3) is 0.143. The Labute approximate surface area is 163 Å². The van der Waals surface area contributed by atoms with Crippen LogP contribution in [0.4, 0.5) is 0 Å². The first-order chi connectivity index (χ1) is 13.4. The van der Waals surface area contributed by atoms with Crippen molar-refractivity contribution in [2.24, 2.45) is 5.14 Å². The summed E-state index contributed by atoms with van der Waals surface area (Å²) in [6.45, 7) is 0. The Morgan fingerprint density at radius 2 is 1.89 bits per heavy atom. The summed E-state index contributed by atoms with van der Waals surface area (Å²) in [7, 11) is -2.08. The average Bonchev–Trinajstić information content (AvgIpc) is 2.65. The third-order valence-corrected chi connectivity index (χ3v) is 5.40. The van der Waals surface area contributed by atoms with E-state index in [0.29, 0.717) is 17.1 Å². The Balaban J connectivity index is 1.93. The van der Waals surface area contributed by atoms with Crippen LogP contribution >= 0.6 is 0 Å². The number of hydrogen-bond donors (Lipinski definition) is 2. The maximum absolute atomic E-state index is 11.6. The Morgan fingerprint density at radius 1 is 1.11 bits per heavy atom. The van der Waals surface area contributed by atoms with Crippen LogP contribution in [0.3, 0.4) is 0 Å². The van der Waals surface area contributed by atoms with E-state index in [1.165, 1.54) is 0 Å². The zero-order valence-corrected chi connectivity index (χ0v) is 15.9. The van der Waals surface area contributed by atoms with Gasteiger partial charge in [-0.25, -0.2) is 13.6 Å². The van der Waals surface area contributed by atoms with Crippen molar-refractivity contribution in [2.75, 3.05) is 7.11 Å². The molecule has 0 aliphatic carbocycles. The number of methoxy groups -OCH3 is 1. The number of fused-ring (bicyclic) bond motifs is 3. The van der Waals surface area contributed by atoms with E-state index in [9.17, 15) is 13.5 Å². The second kappa shape index (κ2) is 6.85. The minimum absolute atomic E-state index is 0.125. The molecule has 1 unspecified atom stereocenters. The van der Waals surface area contributed by atoms with Crippen molar-refractivity contribution < 1.29 is 23.0 Å². The highest BCUT2D eigenvalue weighted by atomic mass is 32.2. The summed E-state index contributed by atoms with van der Waals surface area (Å²) in [5, 5.41) is 15.1. The first-order valence-electron chi connectivity index (χ1n) is 8.62. The van der Waals surface area contributed by atoms with E-state index >= 15 is 0 Å². The van der Waals surface area contributed by atoms with Crippen molar-refractivity contribution in [1.82, 2.24) is 0 Å². The van der Waals surface area contributed by atoms with Crippen molar-refractivity contribution in [1.29, 1.82) is 0 Å². The van der Waals surface area contributed by atoms with E-state index < -0.39 is 16.1 Å². The predicted molar refractivity (Wildman–Crippen MR) is 106 cm³/mol. The molecule has 0 aromatic heterocycles. The maximum Gasteiger partial charge on any atom is 0.213 e. The molecule has 7 heteroatoms. The van der Waals surface area contributed by atoms with Gasteiger partial charge in [0.2, 0.25) is 10.0 Å². The molecule has 1 heterocycles. The van der Waals surface area contributed by atoms with Crippen LogP contribution in [-0.4, -0.2) is 20.6 Å². The topological polar surface area (TPSA) is 98.9 Å². The maximum atomic E-state index is 11.6. The Bertz CT molecular complexity index is 1160. The highest BCUT2D eigenvalue weighted by molar-refractivity contribution is 7.88. The smallest absolute Gasteiger partial charge is 0.213 e. The molecule has 0 radical (unpaired) electrons. The van der Waals surface area contributed by atoms with E-state index in [-0.39, 0.29) is 11.5 Å². The molecular weight excluding hydrogens is 378 g/mol. The first kappa shape index (κ1) is 18.3. The molecule has 3 aromatic rings. The summed E-state index contributed by atoms with van der Waals surface area (Å²) in [5.74, 6) is 1.16. The number of hydrogen-bond acceptors (Lipinski definition) is 5. The zero-order chi connectivity index (χ0) is 19.9. The Kier molecular flexibility index (Phi) is 4.49. The van der Waals surface area contributed by atoms with Crippen LogP contribution in [0.2, 0.25) is 0 Å². The lowest BCUT2D eigenvalue weighted by atomic mass is 9.88. The molecule has 0 bridgehead atoms. The van der Waals surface area contributed by atoms with Crippen LogP contribution in [0.25, 0.3) is 11.1 Å². The Hall–Kier alpha value is -3.03. The molecule has 0 saturated heterocycles. The SMILES string of the molecule is COc1cccc2c1-c1ccc(CS(N)(=O)=O)cc1C(c1cccc(O)c1)O2. The quantitative estimate of drug-likeness (QED) is 0.703. The molecule has 144 valence electrons. The number of nitrogens with two attached hydrogens (primary N) is 1. The van der Waals surface area contributed by atoms with Crippen molar-refractivity contribution in [3.63, 3.8) is 0 Å². The fourth-order valence-electron chi connectivity index (χ4n) is 3.55. The van der Waals surface area contributed by atoms with Gasteiger partial charge in [0, 0.05) is 11.1 Å². The lowest BCUT2D eigenvalue weighted by molar-refractivity contribution is 0.241. The average molecular weight is 397 g/mol. The minimum Gasteiger partial charge on any atom is -0.508 e.